The molecule has 0 aliphatic carbocycles. The zero-order chi connectivity index (χ0) is 11.1. The minimum absolute atomic E-state index is 0.0678. The van der Waals surface area contributed by atoms with Crippen molar-refractivity contribution in [1.29, 1.82) is 0 Å². The third-order valence-corrected chi connectivity index (χ3v) is 2.76. The molecule has 0 aliphatic rings. The maximum Gasteiger partial charge on any atom is 0.139 e. The zero-order valence-electron chi connectivity index (χ0n) is 8.88. The van der Waals surface area contributed by atoms with Gasteiger partial charge in [-0.2, -0.15) is 0 Å². The van der Waals surface area contributed by atoms with Gasteiger partial charge in [-0.3, -0.25) is 4.40 Å². The second-order valence-corrected chi connectivity index (χ2v) is 3.74. The van der Waals surface area contributed by atoms with E-state index in [-0.39, 0.29) is 6.61 Å². The highest BCUT2D eigenvalue weighted by Gasteiger charge is 2.09. The van der Waals surface area contributed by atoms with Crippen LogP contribution in [0.2, 0.25) is 0 Å². The molecule has 0 radical (unpaired) electrons. The lowest BCUT2D eigenvalue weighted by Crippen LogP contribution is -1.99. The van der Waals surface area contributed by atoms with Crippen molar-refractivity contribution in [2.24, 2.45) is 0 Å². The monoisotopic (exact) mass is 213 g/mol. The fourth-order valence-corrected chi connectivity index (χ4v) is 2.01. The fourth-order valence-electron chi connectivity index (χ4n) is 2.01. The van der Waals surface area contributed by atoms with Crippen LogP contribution in [0.25, 0.3) is 16.6 Å². The van der Waals surface area contributed by atoms with Gasteiger partial charge in [-0.25, -0.2) is 9.97 Å². The molecule has 0 saturated carbocycles. The second-order valence-electron chi connectivity index (χ2n) is 3.74. The molecular formula is C12H11N3O. The molecule has 0 saturated heterocycles. The average Bonchev–Trinajstić information content (AvgIpc) is 2.74. The van der Waals surface area contributed by atoms with E-state index in [1.165, 1.54) is 0 Å². The minimum Gasteiger partial charge on any atom is -0.388 e. The van der Waals surface area contributed by atoms with Gasteiger partial charge in [-0.15, -0.1) is 0 Å². The summed E-state index contributed by atoms with van der Waals surface area (Å²) in [7, 11) is 0. The maximum absolute atomic E-state index is 9.27. The third-order valence-electron chi connectivity index (χ3n) is 2.76. The first kappa shape index (κ1) is 9.30. The molecule has 1 aromatic carbocycles. The molecule has 4 nitrogen and oxygen atoms in total. The first-order chi connectivity index (χ1) is 7.81. The van der Waals surface area contributed by atoms with E-state index in [4.69, 9.17) is 0 Å². The summed E-state index contributed by atoms with van der Waals surface area (Å²) in [6.45, 7) is 1.88. The Labute approximate surface area is 92.2 Å². The first-order valence-corrected chi connectivity index (χ1v) is 5.14. The second kappa shape index (κ2) is 3.28. The molecule has 0 aliphatic heterocycles. The number of aromatic nitrogens is 3. The van der Waals surface area contributed by atoms with Crippen molar-refractivity contribution in [3.05, 3.63) is 42.0 Å². The largest absolute Gasteiger partial charge is 0.388 e. The van der Waals surface area contributed by atoms with Gasteiger partial charge in [0.05, 0.1) is 28.4 Å². The van der Waals surface area contributed by atoms with Crippen LogP contribution < -0.4 is 0 Å². The lowest BCUT2D eigenvalue weighted by Gasteiger charge is -2.06. The number of rotatable bonds is 1. The van der Waals surface area contributed by atoms with E-state index < -0.39 is 0 Å². The third kappa shape index (κ3) is 1.13. The van der Waals surface area contributed by atoms with E-state index in [0.717, 1.165) is 22.2 Å². The number of aliphatic hydroxyl groups excluding tert-OH is 1. The average molecular weight is 213 g/mol. The molecule has 4 heteroatoms. The number of aryl methyl sites for hydroxylation is 1. The first-order valence-electron chi connectivity index (χ1n) is 5.14. The minimum atomic E-state index is -0.0678. The molecule has 2 aromatic heterocycles. The predicted octanol–water partition coefficient (Wildman–Crippen LogP) is 1.68. The molecule has 0 unspecified atom stereocenters. The molecule has 0 atom stereocenters. The molecule has 2 heterocycles. The number of hydrogen-bond donors (Lipinski definition) is 1. The van der Waals surface area contributed by atoms with E-state index >= 15 is 0 Å². The number of fused-ring (bicyclic) bond motifs is 3. The Morgan fingerprint density at radius 2 is 2.06 bits per heavy atom. The van der Waals surface area contributed by atoms with E-state index in [9.17, 15) is 5.11 Å². The summed E-state index contributed by atoms with van der Waals surface area (Å²) < 4.78 is 1.96. The molecule has 1 N–H and O–H groups in total. The van der Waals surface area contributed by atoms with Gasteiger partial charge in [0.25, 0.3) is 0 Å². The van der Waals surface area contributed by atoms with Crippen LogP contribution in [0, 0.1) is 6.92 Å². The fraction of sp³-hybridized carbons (Fsp3) is 0.167. The summed E-state index contributed by atoms with van der Waals surface area (Å²) in [5.74, 6) is 0.650. The molecular weight excluding hydrogens is 202 g/mol. The van der Waals surface area contributed by atoms with Gasteiger partial charge >= 0.3 is 0 Å². The van der Waals surface area contributed by atoms with Gasteiger partial charge in [0, 0.05) is 0 Å². The summed E-state index contributed by atoms with van der Waals surface area (Å²) in [6.07, 6.45) is 1.75. The van der Waals surface area contributed by atoms with Crippen molar-refractivity contribution in [3.63, 3.8) is 0 Å². The highest BCUT2D eigenvalue weighted by atomic mass is 16.3. The Morgan fingerprint density at radius 3 is 2.88 bits per heavy atom. The normalized spacial score (nSPS) is 11.4. The van der Waals surface area contributed by atoms with Crippen LogP contribution in [0.3, 0.4) is 0 Å². The van der Waals surface area contributed by atoms with Crippen molar-refractivity contribution in [2.75, 3.05) is 0 Å². The molecule has 3 rings (SSSR count). The van der Waals surface area contributed by atoms with Gasteiger partial charge in [-0.05, 0) is 19.1 Å². The summed E-state index contributed by atoms with van der Waals surface area (Å²) in [5.41, 5.74) is 3.76. The number of imidazole rings is 1. The van der Waals surface area contributed by atoms with Gasteiger partial charge in [0.15, 0.2) is 0 Å². The number of aliphatic hydroxyl groups is 1. The van der Waals surface area contributed by atoms with Crippen LogP contribution in [0.15, 0.2) is 30.5 Å². The van der Waals surface area contributed by atoms with Gasteiger partial charge in [0.2, 0.25) is 0 Å². The molecule has 80 valence electrons. The number of nitrogens with zero attached hydrogens (tertiary/aromatic N) is 3. The Balaban J connectivity index is 2.59. The molecule has 0 spiro atoms. The predicted molar refractivity (Wildman–Crippen MR) is 61.2 cm³/mol. The number of benzene rings is 1. The summed E-state index contributed by atoms with van der Waals surface area (Å²) in [4.78, 5) is 8.71. The number of hydrogen-bond acceptors (Lipinski definition) is 3. The van der Waals surface area contributed by atoms with Crippen molar-refractivity contribution < 1.29 is 5.11 Å². The molecule has 0 bridgehead atoms. The van der Waals surface area contributed by atoms with E-state index in [1.807, 2.05) is 35.6 Å². The van der Waals surface area contributed by atoms with Crippen molar-refractivity contribution >= 4 is 16.6 Å². The van der Waals surface area contributed by atoms with E-state index in [1.54, 1.807) is 6.20 Å². The topological polar surface area (TPSA) is 50.4 Å². The van der Waals surface area contributed by atoms with Crippen molar-refractivity contribution in [2.45, 2.75) is 13.5 Å². The Hall–Kier alpha value is -1.94. The van der Waals surface area contributed by atoms with Gasteiger partial charge in [0.1, 0.15) is 12.4 Å². The van der Waals surface area contributed by atoms with Gasteiger partial charge in [-0.1, -0.05) is 12.1 Å². The SMILES string of the molecule is Cc1nc2ccccc2n2c(CO)ncc12. The lowest BCUT2D eigenvalue weighted by atomic mass is 10.2. The number of para-hydroxylation sites is 2. The molecule has 0 fully saturated rings. The van der Waals surface area contributed by atoms with Crippen LogP contribution in [0.1, 0.15) is 11.5 Å². The van der Waals surface area contributed by atoms with Crippen molar-refractivity contribution in [1.82, 2.24) is 14.4 Å². The maximum atomic E-state index is 9.27. The van der Waals surface area contributed by atoms with E-state index in [2.05, 4.69) is 9.97 Å². The van der Waals surface area contributed by atoms with Crippen LogP contribution in [0.4, 0.5) is 0 Å². The summed E-state index contributed by atoms with van der Waals surface area (Å²) >= 11 is 0. The zero-order valence-corrected chi connectivity index (χ0v) is 8.88. The highest BCUT2D eigenvalue weighted by Crippen LogP contribution is 2.19. The van der Waals surface area contributed by atoms with Crippen molar-refractivity contribution in [3.8, 4) is 0 Å². The van der Waals surface area contributed by atoms with Crippen LogP contribution in [-0.2, 0) is 6.61 Å². The molecule has 0 amide bonds. The molecule has 3 aromatic rings. The Morgan fingerprint density at radius 1 is 1.25 bits per heavy atom. The Bertz CT molecular complexity index is 672. The summed E-state index contributed by atoms with van der Waals surface area (Å²) in [5, 5.41) is 9.27. The lowest BCUT2D eigenvalue weighted by molar-refractivity contribution is 0.271. The quantitative estimate of drug-likeness (QED) is 0.669. The van der Waals surface area contributed by atoms with Crippen LogP contribution in [0.5, 0.6) is 0 Å². The summed E-state index contributed by atoms with van der Waals surface area (Å²) in [6, 6.07) is 7.86. The van der Waals surface area contributed by atoms with Gasteiger partial charge < -0.3 is 5.11 Å². The smallest absolute Gasteiger partial charge is 0.139 e. The van der Waals surface area contributed by atoms with Crippen LogP contribution >= 0.6 is 0 Å². The Kier molecular flexibility index (Phi) is 1.91. The molecule has 16 heavy (non-hydrogen) atoms. The van der Waals surface area contributed by atoms with E-state index in [0.29, 0.717) is 5.82 Å². The standard InChI is InChI=1S/C12H11N3O/c1-8-11-6-13-12(7-16)15(11)10-5-3-2-4-9(10)14-8/h2-6,16H,7H2,1H3. The highest BCUT2D eigenvalue weighted by molar-refractivity contribution is 5.79. The van der Waals surface area contributed by atoms with Crippen LogP contribution in [-0.4, -0.2) is 19.5 Å².